The van der Waals surface area contributed by atoms with E-state index in [9.17, 15) is 4.79 Å². The van der Waals surface area contributed by atoms with E-state index in [4.69, 9.17) is 21.4 Å². The van der Waals surface area contributed by atoms with Gasteiger partial charge in [-0.1, -0.05) is 17.7 Å². The summed E-state index contributed by atoms with van der Waals surface area (Å²) in [4.78, 5) is 13.0. The summed E-state index contributed by atoms with van der Waals surface area (Å²) >= 11 is 6.08. The lowest BCUT2D eigenvalue weighted by molar-refractivity contribution is 0.0697. The first-order valence-electron chi connectivity index (χ1n) is 5.37. The molecule has 1 aromatic rings. The maximum atomic E-state index is 11.2. The summed E-state index contributed by atoms with van der Waals surface area (Å²) < 4.78 is 5.00. The number of carbonyl (C=O) groups is 1. The van der Waals surface area contributed by atoms with Gasteiger partial charge < -0.3 is 14.7 Å². The normalized spacial score (nSPS) is 10.3. The van der Waals surface area contributed by atoms with Crippen LogP contribution < -0.4 is 4.90 Å². The van der Waals surface area contributed by atoms with Crippen LogP contribution in [0.1, 0.15) is 17.3 Å². The van der Waals surface area contributed by atoms with Crippen LogP contribution in [0.25, 0.3) is 0 Å². The number of rotatable bonds is 6. The van der Waals surface area contributed by atoms with E-state index in [1.807, 2.05) is 11.8 Å². The molecule has 0 aliphatic carbocycles. The number of carboxylic acids is 1. The molecule has 0 atom stereocenters. The topological polar surface area (TPSA) is 49.8 Å². The number of anilines is 1. The fraction of sp³-hybridized carbons (Fsp3) is 0.417. The monoisotopic (exact) mass is 257 g/mol. The number of hydrogen-bond acceptors (Lipinski definition) is 3. The molecule has 0 bridgehead atoms. The molecule has 1 aromatic carbocycles. The van der Waals surface area contributed by atoms with Crippen LogP contribution in [-0.2, 0) is 4.74 Å². The number of likely N-dealkylation sites (N-methyl/N-ethyl adjacent to an activating group) is 1. The summed E-state index contributed by atoms with van der Waals surface area (Å²) in [7, 11) is 1.61. The van der Waals surface area contributed by atoms with E-state index in [0.29, 0.717) is 30.4 Å². The van der Waals surface area contributed by atoms with Crippen LogP contribution in [0.5, 0.6) is 0 Å². The fourth-order valence-electron chi connectivity index (χ4n) is 1.64. The van der Waals surface area contributed by atoms with Gasteiger partial charge in [-0.3, -0.25) is 0 Å². The number of para-hydroxylation sites is 1. The molecule has 4 nitrogen and oxygen atoms in total. The highest BCUT2D eigenvalue weighted by Crippen LogP contribution is 2.29. The quantitative estimate of drug-likeness (QED) is 0.851. The van der Waals surface area contributed by atoms with E-state index in [1.165, 1.54) is 0 Å². The third-order valence-electron chi connectivity index (χ3n) is 2.48. The van der Waals surface area contributed by atoms with Crippen molar-refractivity contribution >= 4 is 23.3 Å². The number of carboxylic acid groups (broad SMARTS) is 1. The summed E-state index contributed by atoms with van der Waals surface area (Å²) in [6, 6.07) is 4.89. The van der Waals surface area contributed by atoms with Gasteiger partial charge in [0.15, 0.2) is 0 Å². The molecule has 0 fully saturated rings. The molecule has 0 amide bonds. The Labute approximate surface area is 106 Å². The summed E-state index contributed by atoms with van der Waals surface area (Å²) in [5, 5.41) is 9.59. The Bertz CT molecular complexity index is 395. The van der Waals surface area contributed by atoms with Crippen molar-refractivity contribution in [3.63, 3.8) is 0 Å². The summed E-state index contributed by atoms with van der Waals surface area (Å²) in [5.74, 6) is -0.974. The standard InChI is InChI=1S/C12H16ClNO3/c1-3-14(7-8-17-2)11-9(12(15)16)5-4-6-10(11)13/h4-6H,3,7-8H2,1-2H3,(H,15,16). The lowest BCUT2D eigenvalue weighted by atomic mass is 10.1. The van der Waals surface area contributed by atoms with E-state index in [-0.39, 0.29) is 5.56 Å². The summed E-state index contributed by atoms with van der Waals surface area (Å²) in [6.45, 7) is 3.76. The van der Waals surface area contributed by atoms with Gasteiger partial charge in [0.25, 0.3) is 0 Å². The largest absolute Gasteiger partial charge is 0.478 e. The second kappa shape index (κ2) is 6.47. The average Bonchev–Trinajstić information content (AvgIpc) is 2.31. The lowest BCUT2D eigenvalue weighted by Crippen LogP contribution is -2.28. The molecule has 0 aliphatic heterocycles. The van der Waals surface area contributed by atoms with Crippen molar-refractivity contribution in [1.29, 1.82) is 0 Å². The van der Waals surface area contributed by atoms with Crippen LogP contribution in [0, 0.1) is 0 Å². The van der Waals surface area contributed by atoms with Gasteiger partial charge in [-0.15, -0.1) is 0 Å². The minimum absolute atomic E-state index is 0.218. The van der Waals surface area contributed by atoms with E-state index in [2.05, 4.69) is 0 Å². The van der Waals surface area contributed by atoms with E-state index in [0.717, 1.165) is 0 Å². The van der Waals surface area contributed by atoms with Gasteiger partial charge in [-0.2, -0.15) is 0 Å². The predicted molar refractivity (Wildman–Crippen MR) is 68.2 cm³/mol. The average molecular weight is 258 g/mol. The zero-order valence-corrected chi connectivity index (χ0v) is 10.7. The summed E-state index contributed by atoms with van der Waals surface area (Å²) in [5.41, 5.74) is 0.775. The maximum Gasteiger partial charge on any atom is 0.337 e. The van der Waals surface area contributed by atoms with Crippen LogP contribution in [-0.4, -0.2) is 37.9 Å². The maximum absolute atomic E-state index is 11.2. The highest BCUT2D eigenvalue weighted by molar-refractivity contribution is 6.34. The minimum Gasteiger partial charge on any atom is -0.478 e. The van der Waals surface area contributed by atoms with Gasteiger partial charge >= 0.3 is 5.97 Å². The van der Waals surface area contributed by atoms with Crippen molar-refractivity contribution < 1.29 is 14.6 Å². The van der Waals surface area contributed by atoms with Crippen molar-refractivity contribution in [2.75, 3.05) is 31.7 Å². The van der Waals surface area contributed by atoms with Gasteiger partial charge in [0, 0.05) is 20.2 Å². The van der Waals surface area contributed by atoms with Crippen LogP contribution in [0.4, 0.5) is 5.69 Å². The van der Waals surface area contributed by atoms with Gasteiger partial charge in [0.05, 0.1) is 22.9 Å². The number of ether oxygens (including phenoxy) is 1. The molecule has 0 aromatic heterocycles. The van der Waals surface area contributed by atoms with Gasteiger partial charge in [0.2, 0.25) is 0 Å². The minimum atomic E-state index is -0.974. The van der Waals surface area contributed by atoms with Gasteiger partial charge in [-0.25, -0.2) is 4.79 Å². The Balaban J connectivity index is 3.11. The first-order chi connectivity index (χ1) is 8.11. The molecule has 17 heavy (non-hydrogen) atoms. The number of methoxy groups -OCH3 is 1. The lowest BCUT2D eigenvalue weighted by Gasteiger charge is -2.25. The number of benzene rings is 1. The van der Waals surface area contributed by atoms with Crippen LogP contribution in [0.2, 0.25) is 5.02 Å². The Kier molecular flexibility index (Phi) is 5.25. The Hall–Kier alpha value is -1.26. The first-order valence-corrected chi connectivity index (χ1v) is 5.75. The van der Waals surface area contributed by atoms with Crippen molar-refractivity contribution in [3.05, 3.63) is 28.8 Å². The van der Waals surface area contributed by atoms with Crippen molar-refractivity contribution in [2.45, 2.75) is 6.92 Å². The molecular formula is C12H16ClNO3. The molecule has 0 unspecified atom stereocenters. The van der Waals surface area contributed by atoms with Crippen molar-refractivity contribution in [1.82, 2.24) is 0 Å². The molecular weight excluding hydrogens is 242 g/mol. The van der Waals surface area contributed by atoms with Crippen LogP contribution in [0.3, 0.4) is 0 Å². The number of halogens is 1. The van der Waals surface area contributed by atoms with Gasteiger partial charge in [0.1, 0.15) is 0 Å². The van der Waals surface area contributed by atoms with Crippen molar-refractivity contribution in [2.24, 2.45) is 0 Å². The van der Waals surface area contributed by atoms with Crippen LogP contribution >= 0.6 is 11.6 Å². The van der Waals surface area contributed by atoms with Crippen LogP contribution in [0.15, 0.2) is 18.2 Å². The molecule has 0 heterocycles. The van der Waals surface area contributed by atoms with E-state index >= 15 is 0 Å². The molecule has 1 rings (SSSR count). The molecule has 1 N–H and O–H groups in total. The SMILES string of the molecule is CCN(CCOC)c1c(Cl)cccc1C(=O)O. The van der Waals surface area contributed by atoms with Gasteiger partial charge in [-0.05, 0) is 19.1 Å². The zero-order valence-electron chi connectivity index (χ0n) is 9.94. The molecule has 0 saturated heterocycles. The molecule has 94 valence electrons. The van der Waals surface area contributed by atoms with E-state index in [1.54, 1.807) is 25.3 Å². The smallest absolute Gasteiger partial charge is 0.337 e. The number of hydrogen-bond donors (Lipinski definition) is 1. The first kappa shape index (κ1) is 13.8. The second-order valence-electron chi connectivity index (χ2n) is 3.51. The molecule has 5 heteroatoms. The fourth-order valence-corrected chi connectivity index (χ4v) is 1.93. The van der Waals surface area contributed by atoms with E-state index < -0.39 is 5.97 Å². The zero-order chi connectivity index (χ0) is 12.8. The predicted octanol–water partition coefficient (Wildman–Crippen LogP) is 2.51. The number of nitrogens with zero attached hydrogens (tertiary/aromatic N) is 1. The van der Waals surface area contributed by atoms with Crippen molar-refractivity contribution in [3.8, 4) is 0 Å². The molecule has 0 spiro atoms. The molecule has 0 radical (unpaired) electrons. The Morgan fingerprint density at radius 1 is 1.53 bits per heavy atom. The molecule has 0 saturated carbocycles. The third kappa shape index (κ3) is 3.35. The molecule has 0 aliphatic rings. The third-order valence-corrected chi connectivity index (χ3v) is 2.79. The Morgan fingerprint density at radius 2 is 2.24 bits per heavy atom. The highest BCUT2D eigenvalue weighted by atomic mass is 35.5. The number of aromatic carboxylic acids is 1. The highest BCUT2D eigenvalue weighted by Gasteiger charge is 2.17. The Morgan fingerprint density at radius 3 is 2.76 bits per heavy atom. The second-order valence-corrected chi connectivity index (χ2v) is 3.92. The summed E-state index contributed by atoms with van der Waals surface area (Å²) in [6.07, 6.45) is 0.